The van der Waals surface area contributed by atoms with Crippen molar-refractivity contribution < 1.29 is 19.5 Å². The van der Waals surface area contributed by atoms with Crippen molar-refractivity contribution in [3.63, 3.8) is 0 Å². The molecule has 0 aliphatic carbocycles. The summed E-state index contributed by atoms with van der Waals surface area (Å²) >= 11 is 12.5. The third kappa shape index (κ3) is 7.36. The molecule has 40 heavy (non-hydrogen) atoms. The molecule has 2 aromatic heterocycles. The summed E-state index contributed by atoms with van der Waals surface area (Å²) in [4.78, 5) is 35.5. The molecule has 1 unspecified atom stereocenters. The zero-order valence-corrected chi connectivity index (χ0v) is 22.3. The highest BCUT2D eigenvalue weighted by atomic mass is 35.5. The van der Waals surface area contributed by atoms with Crippen molar-refractivity contribution in [2.75, 3.05) is 11.9 Å². The van der Waals surface area contributed by atoms with Crippen LogP contribution in [0.1, 0.15) is 24.1 Å². The van der Waals surface area contributed by atoms with E-state index in [9.17, 15) is 14.4 Å². The summed E-state index contributed by atoms with van der Waals surface area (Å²) in [5.41, 5.74) is 3.02. The summed E-state index contributed by atoms with van der Waals surface area (Å²) in [6.45, 7) is 1.37. The van der Waals surface area contributed by atoms with Gasteiger partial charge >= 0.3 is 6.09 Å². The number of tetrazole rings is 1. The normalized spacial score (nSPS) is 11.7. The zero-order valence-electron chi connectivity index (χ0n) is 20.7. The molecule has 4 N–H and O–H groups in total. The number of benzene rings is 2. The van der Waals surface area contributed by atoms with Gasteiger partial charge in [-0.05, 0) is 52.9 Å². The van der Waals surface area contributed by atoms with Gasteiger partial charge in [-0.1, -0.05) is 35.3 Å². The van der Waals surface area contributed by atoms with Crippen molar-refractivity contribution in [2.24, 2.45) is 0 Å². The predicted molar refractivity (Wildman–Crippen MR) is 147 cm³/mol. The van der Waals surface area contributed by atoms with Crippen LogP contribution >= 0.6 is 23.2 Å². The van der Waals surface area contributed by atoms with Crippen molar-refractivity contribution in [2.45, 2.75) is 13.0 Å². The Balaban J connectivity index is 1.59. The minimum atomic E-state index is -1.19. The van der Waals surface area contributed by atoms with Gasteiger partial charge in [-0.3, -0.25) is 14.9 Å². The number of nitrogens with one attached hydrogen (secondary N) is 3. The molecule has 2 heterocycles. The van der Waals surface area contributed by atoms with Crippen molar-refractivity contribution in [3.05, 3.63) is 82.2 Å². The molecule has 2 aromatic carbocycles. The molecule has 3 amide bonds. The molecule has 0 spiro atoms. The fourth-order valence-electron chi connectivity index (χ4n) is 3.63. The lowest BCUT2D eigenvalue weighted by Crippen LogP contribution is -2.36. The topological polar surface area (TPSA) is 177 Å². The molecule has 204 valence electrons. The number of amides is 3. The van der Waals surface area contributed by atoms with Crippen LogP contribution in [0.25, 0.3) is 23.0 Å². The number of halogens is 2. The van der Waals surface area contributed by atoms with Crippen LogP contribution in [-0.4, -0.2) is 60.0 Å². The number of aromatic nitrogens is 6. The summed E-state index contributed by atoms with van der Waals surface area (Å²) < 4.78 is 1.43. The number of carbonyl (C=O) groups is 3. The Morgan fingerprint density at radius 3 is 2.52 bits per heavy atom. The van der Waals surface area contributed by atoms with Gasteiger partial charge in [-0.2, -0.15) is 4.68 Å². The lowest BCUT2D eigenvalue weighted by atomic mass is 10.0. The van der Waals surface area contributed by atoms with Gasteiger partial charge in [0, 0.05) is 46.9 Å². The van der Waals surface area contributed by atoms with Gasteiger partial charge < -0.3 is 15.7 Å². The third-order valence-electron chi connectivity index (χ3n) is 5.45. The van der Waals surface area contributed by atoms with E-state index in [0.29, 0.717) is 38.8 Å². The largest absolute Gasteiger partial charge is 0.465 e. The highest BCUT2D eigenvalue weighted by Gasteiger charge is 2.20. The van der Waals surface area contributed by atoms with Crippen LogP contribution in [0.15, 0.2) is 60.9 Å². The van der Waals surface area contributed by atoms with Crippen LogP contribution in [0.5, 0.6) is 0 Å². The maximum absolute atomic E-state index is 13.0. The summed E-state index contributed by atoms with van der Waals surface area (Å²) in [5, 5.41) is 36.4. The molecule has 0 saturated heterocycles. The second-order valence-electron chi connectivity index (χ2n) is 8.27. The second kappa shape index (κ2) is 12.8. The molecule has 0 saturated carbocycles. The molecule has 13 nitrogen and oxygen atoms in total. The van der Waals surface area contributed by atoms with E-state index in [2.05, 4.69) is 41.7 Å². The van der Waals surface area contributed by atoms with E-state index < -0.39 is 18.0 Å². The maximum atomic E-state index is 13.0. The van der Waals surface area contributed by atoms with Crippen LogP contribution in [0, 0.1) is 0 Å². The Kier molecular flexibility index (Phi) is 8.99. The highest BCUT2D eigenvalue weighted by Crippen LogP contribution is 2.27. The first-order valence-corrected chi connectivity index (χ1v) is 12.3. The lowest BCUT2D eigenvalue weighted by Gasteiger charge is -2.20. The number of hydrogen-bond acceptors (Lipinski definition) is 8. The fraction of sp³-hybridized carbons (Fsp3) is 0.120. The van der Waals surface area contributed by atoms with E-state index in [-0.39, 0.29) is 17.6 Å². The number of anilines is 1. The number of carbonyl (C=O) groups excluding carboxylic acids is 2. The third-order valence-corrected chi connectivity index (χ3v) is 5.98. The summed E-state index contributed by atoms with van der Waals surface area (Å²) in [5.74, 6) is -0.795. The minimum absolute atomic E-state index is 0.0221. The number of nitrogens with zero attached hydrogens (tertiary/aromatic N) is 6. The van der Waals surface area contributed by atoms with Crippen LogP contribution in [0.4, 0.5) is 10.5 Å². The van der Waals surface area contributed by atoms with Crippen LogP contribution < -0.4 is 16.0 Å². The van der Waals surface area contributed by atoms with Gasteiger partial charge in [0.05, 0.1) is 17.4 Å². The number of carboxylic acid groups (broad SMARTS) is 1. The number of hydrogen-bond donors (Lipinski definition) is 4. The van der Waals surface area contributed by atoms with Gasteiger partial charge in [-0.15, -0.1) is 15.3 Å². The van der Waals surface area contributed by atoms with Crippen molar-refractivity contribution >= 4 is 52.9 Å². The first kappa shape index (κ1) is 28.1. The smallest absolute Gasteiger partial charge is 0.409 e. The molecule has 0 fully saturated rings. The van der Waals surface area contributed by atoms with Gasteiger partial charge in [0.1, 0.15) is 6.33 Å². The maximum Gasteiger partial charge on any atom is 0.409 e. The van der Waals surface area contributed by atoms with E-state index in [1.54, 1.807) is 54.6 Å². The van der Waals surface area contributed by atoms with Crippen LogP contribution in [-0.2, 0) is 9.59 Å². The average Bonchev–Trinajstić information content (AvgIpc) is 3.45. The van der Waals surface area contributed by atoms with Gasteiger partial charge in [0.25, 0.3) is 0 Å². The monoisotopic (exact) mass is 581 g/mol. The molecular weight excluding hydrogens is 561 g/mol. The minimum Gasteiger partial charge on any atom is -0.465 e. The predicted octanol–water partition coefficient (Wildman–Crippen LogP) is 3.52. The van der Waals surface area contributed by atoms with Crippen molar-refractivity contribution in [1.82, 2.24) is 41.0 Å². The van der Waals surface area contributed by atoms with E-state index in [1.165, 1.54) is 24.0 Å². The molecule has 0 bridgehead atoms. The molecular formula is C25H21Cl2N9O4. The van der Waals surface area contributed by atoms with Gasteiger partial charge in [0.15, 0.2) is 5.15 Å². The number of rotatable bonds is 9. The van der Waals surface area contributed by atoms with E-state index in [0.717, 1.165) is 0 Å². The highest BCUT2D eigenvalue weighted by molar-refractivity contribution is 6.31. The Labute approximate surface area is 237 Å². The Morgan fingerprint density at radius 1 is 1.07 bits per heavy atom. The average molecular weight is 582 g/mol. The van der Waals surface area contributed by atoms with Crippen LogP contribution in [0.2, 0.25) is 10.2 Å². The molecule has 4 aromatic rings. The fourth-order valence-corrected chi connectivity index (χ4v) is 4.04. The lowest BCUT2D eigenvalue weighted by molar-refractivity contribution is -0.120. The Bertz CT molecular complexity index is 1560. The Morgan fingerprint density at radius 2 is 1.85 bits per heavy atom. The molecule has 0 aliphatic heterocycles. The summed E-state index contributed by atoms with van der Waals surface area (Å²) in [6, 6.07) is 12.4. The molecule has 0 aliphatic rings. The van der Waals surface area contributed by atoms with E-state index in [4.69, 9.17) is 28.3 Å². The van der Waals surface area contributed by atoms with Gasteiger partial charge in [-0.25, -0.2) is 4.79 Å². The molecule has 15 heteroatoms. The first-order chi connectivity index (χ1) is 19.2. The van der Waals surface area contributed by atoms with Crippen molar-refractivity contribution in [3.8, 4) is 16.9 Å². The second-order valence-corrected chi connectivity index (χ2v) is 9.07. The standard InChI is InChI=1S/C25H21Cl2N9O4/c1-14(37)28-12-21(19-11-20(32-33-24(19)27)15-2-6-18(7-3-15)30-25(39)40)31-23(38)9-4-16-10-17(26)5-8-22(16)36-13-29-34-35-36/h2-11,13,21,30H,12H2,1H3,(H,28,37)(H,31,38)(H,39,40). The first-order valence-electron chi connectivity index (χ1n) is 11.6. The van der Waals surface area contributed by atoms with Crippen molar-refractivity contribution in [1.29, 1.82) is 0 Å². The molecule has 4 rings (SSSR count). The van der Waals surface area contributed by atoms with Gasteiger partial charge in [0.2, 0.25) is 11.8 Å². The zero-order chi connectivity index (χ0) is 28.6. The molecule has 1 atom stereocenters. The van der Waals surface area contributed by atoms with Crippen LogP contribution in [0.3, 0.4) is 0 Å². The van der Waals surface area contributed by atoms with E-state index >= 15 is 0 Å². The summed E-state index contributed by atoms with van der Waals surface area (Å²) in [6.07, 6.45) is 3.08. The van der Waals surface area contributed by atoms with E-state index in [1.807, 2.05) is 0 Å². The molecule has 0 radical (unpaired) electrons. The SMILES string of the molecule is CC(=O)NCC(NC(=O)C=Cc1cc(Cl)ccc1-n1cnnn1)c1cc(-c2ccc(NC(=O)O)cc2)nnc1Cl. The quantitative estimate of drug-likeness (QED) is 0.215. The Hall–Kier alpha value is -4.88. The summed E-state index contributed by atoms with van der Waals surface area (Å²) in [7, 11) is 0.